The Morgan fingerprint density at radius 1 is 1.19 bits per heavy atom. The van der Waals surface area contributed by atoms with E-state index in [9.17, 15) is 32.7 Å². The number of nitrogens with one attached hydrogen (secondary N) is 1. The fraction of sp³-hybridized carbons (Fsp3) is 0.381. The summed E-state index contributed by atoms with van der Waals surface area (Å²) in [6.45, 7) is 1.75. The minimum absolute atomic E-state index is 0.165. The smallest absolute Gasteiger partial charge is 0.274 e. The number of amides is 2. The van der Waals surface area contributed by atoms with Gasteiger partial charge < -0.3 is 19.9 Å². The van der Waals surface area contributed by atoms with Gasteiger partial charge in [0.1, 0.15) is 23.0 Å². The normalized spacial score (nSPS) is 20.3. The maximum Gasteiger partial charge on any atom is 0.274 e. The van der Waals surface area contributed by atoms with Gasteiger partial charge >= 0.3 is 0 Å². The zero-order chi connectivity index (χ0) is 22.4. The standard InChI is InChI=1S/C21H20F3N3O4/c1-10-16-4-2-3-5-26(10)21(31)17-19(29)18(28)13(9-27(16)17)20(30)25-8-12-14(23)6-11(22)7-15(12)24/h6-7,9-10,16,29H,2-5,8H2,1H3,(H,25,30)/t10-,16?/m0/s1. The Morgan fingerprint density at radius 3 is 2.55 bits per heavy atom. The van der Waals surface area contributed by atoms with Crippen molar-refractivity contribution in [2.24, 2.45) is 0 Å². The van der Waals surface area contributed by atoms with Crippen LogP contribution in [0.2, 0.25) is 0 Å². The van der Waals surface area contributed by atoms with Crippen molar-refractivity contribution < 1.29 is 27.9 Å². The predicted octanol–water partition coefficient (Wildman–Crippen LogP) is 2.47. The van der Waals surface area contributed by atoms with Crippen LogP contribution in [0.1, 0.15) is 58.6 Å². The predicted molar refractivity (Wildman–Crippen MR) is 103 cm³/mol. The van der Waals surface area contributed by atoms with Crippen molar-refractivity contribution >= 4 is 11.8 Å². The number of pyridine rings is 1. The molecule has 1 unspecified atom stereocenters. The van der Waals surface area contributed by atoms with Gasteiger partial charge in [-0.25, -0.2) is 13.2 Å². The van der Waals surface area contributed by atoms with E-state index in [1.807, 2.05) is 6.92 Å². The second kappa shape index (κ2) is 7.75. The molecule has 31 heavy (non-hydrogen) atoms. The van der Waals surface area contributed by atoms with Crippen LogP contribution in [0.5, 0.6) is 5.75 Å². The van der Waals surface area contributed by atoms with Crippen LogP contribution < -0.4 is 10.7 Å². The molecule has 3 heterocycles. The number of benzene rings is 1. The highest BCUT2D eigenvalue weighted by Crippen LogP contribution is 2.36. The van der Waals surface area contributed by atoms with E-state index in [0.717, 1.165) is 12.8 Å². The Bertz CT molecular complexity index is 1120. The summed E-state index contributed by atoms with van der Waals surface area (Å²) in [6.07, 6.45) is 3.52. The van der Waals surface area contributed by atoms with E-state index in [1.165, 1.54) is 10.8 Å². The number of carbonyl (C=O) groups is 2. The van der Waals surface area contributed by atoms with Crippen LogP contribution in [0.15, 0.2) is 23.1 Å². The van der Waals surface area contributed by atoms with Crippen LogP contribution >= 0.6 is 0 Å². The number of aromatic nitrogens is 1. The van der Waals surface area contributed by atoms with Gasteiger partial charge in [-0.1, -0.05) is 0 Å². The van der Waals surface area contributed by atoms with E-state index in [2.05, 4.69) is 5.32 Å². The Labute approximate surface area is 175 Å². The number of carbonyl (C=O) groups excluding carboxylic acids is 2. The molecule has 0 saturated carbocycles. The van der Waals surface area contributed by atoms with Crippen molar-refractivity contribution in [2.75, 3.05) is 6.54 Å². The van der Waals surface area contributed by atoms with E-state index in [0.29, 0.717) is 25.1 Å². The number of nitrogens with zero attached hydrogens (tertiary/aromatic N) is 2. The summed E-state index contributed by atoms with van der Waals surface area (Å²) in [5.41, 5.74) is -2.24. The number of hydrogen-bond donors (Lipinski definition) is 2. The average Bonchev–Trinajstić information content (AvgIpc) is 2.85. The Morgan fingerprint density at radius 2 is 1.87 bits per heavy atom. The average molecular weight is 435 g/mol. The lowest BCUT2D eigenvalue weighted by Gasteiger charge is -2.40. The monoisotopic (exact) mass is 435 g/mol. The van der Waals surface area contributed by atoms with Crippen LogP contribution in [0.3, 0.4) is 0 Å². The van der Waals surface area contributed by atoms with Gasteiger partial charge in [0.25, 0.3) is 11.8 Å². The zero-order valence-electron chi connectivity index (χ0n) is 16.6. The molecule has 10 heteroatoms. The fourth-order valence-electron chi connectivity index (χ4n) is 4.34. The summed E-state index contributed by atoms with van der Waals surface area (Å²) in [5, 5.41) is 12.7. The molecular formula is C21H20F3N3O4. The Hall–Kier alpha value is -3.30. The maximum atomic E-state index is 13.8. The molecule has 2 atom stereocenters. The molecule has 164 valence electrons. The third kappa shape index (κ3) is 3.45. The van der Waals surface area contributed by atoms with Gasteiger partial charge in [0.2, 0.25) is 5.43 Å². The van der Waals surface area contributed by atoms with Crippen LogP contribution in [0, 0.1) is 17.5 Å². The number of aromatic hydroxyl groups is 1. The molecule has 1 saturated heterocycles. The summed E-state index contributed by atoms with van der Waals surface area (Å²) in [5.74, 6) is -5.75. The Kier molecular flexibility index (Phi) is 5.24. The number of halogens is 3. The summed E-state index contributed by atoms with van der Waals surface area (Å²) in [6, 6.07) is 0.534. The van der Waals surface area contributed by atoms with E-state index in [1.54, 1.807) is 4.90 Å². The number of fused-ring (bicyclic) bond motifs is 4. The molecule has 2 aliphatic rings. The van der Waals surface area contributed by atoms with Crippen molar-refractivity contribution in [1.82, 2.24) is 14.8 Å². The second-order valence-electron chi connectivity index (χ2n) is 7.81. The molecule has 1 fully saturated rings. The molecule has 0 aliphatic carbocycles. The molecule has 2 bridgehead atoms. The minimum atomic E-state index is -1.18. The molecule has 2 aromatic rings. The topological polar surface area (TPSA) is 91.6 Å². The molecule has 2 amide bonds. The highest BCUT2D eigenvalue weighted by molar-refractivity contribution is 5.99. The quantitative estimate of drug-likeness (QED) is 0.775. The first-order valence-corrected chi connectivity index (χ1v) is 9.91. The lowest BCUT2D eigenvalue weighted by molar-refractivity contribution is 0.0565. The van der Waals surface area contributed by atoms with Crippen LogP contribution in [0.4, 0.5) is 13.2 Å². The molecule has 1 aromatic carbocycles. The maximum absolute atomic E-state index is 13.8. The fourth-order valence-corrected chi connectivity index (χ4v) is 4.34. The summed E-state index contributed by atoms with van der Waals surface area (Å²) in [4.78, 5) is 39.7. The van der Waals surface area contributed by atoms with Crippen molar-refractivity contribution in [1.29, 1.82) is 0 Å². The van der Waals surface area contributed by atoms with Gasteiger partial charge in [0, 0.05) is 43.0 Å². The molecular weight excluding hydrogens is 415 g/mol. The van der Waals surface area contributed by atoms with Crippen LogP contribution in [0.25, 0.3) is 0 Å². The van der Waals surface area contributed by atoms with Gasteiger partial charge in [-0.3, -0.25) is 14.4 Å². The van der Waals surface area contributed by atoms with Gasteiger partial charge in [0.05, 0.1) is 6.04 Å². The van der Waals surface area contributed by atoms with Crippen molar-refractivity contribution in [3.05, 3.63) is 62.8 Å². The van der Waals surface area contributed by atoms with Crippen LogP contribution in [-0.2, 0) is 6.54 Å². The van der Waals surface area contributed by atoms with Gasteiger partial charge in [-0.15, -0.1) is 0 Å². The highest BCUT2D eigenvalue weighted by atomic mass is 19.1. The van der Waals surface area contributed by atoms with E-state index in [-0.39, 0.29) is 17.8 Å². The number of rotatable bonds is 3. The molecule has 0 spiro atoms. The van der Waals surface area contributed by atoms with Crippen LogP contribution in [-0.4, -0.2) is 39.0 Å². The summed E-state index contributed by atoms with van der Waals surface area (Å²) < 4.78 is 42.1. The van der Waals surface area contributed by atoms with Crippen molar-refractivity contribution in [3.63, 3.8) is 0 Å². The van der Waals surface area contributed by atoms with Crippen molar-refractivity contribution in [2.45, 2.75) is 44.8 Å². The largest absolute Gasteiger partial charge is 0.503 e. The third-order valence-corrected chi connectivity index (χ3v) is 6.00. The number of hydrogen-bond acceptors (Lipinski definition) is 4. The molecule has 4 rings (SSSR count). The van der Waals surface area contributed by atoms with Gasteiger partial charge in [-0.2, -0.15) is 0 Å². The van der Waals surface area contributed by atoms with E-state index >= 15 is 0 Å². The first-order chi connectivity index (χ1) is 14.7. The molecule has 7 nitrogen and oxygen atoms in total. The second-order valence-corrected chi connectivity index (χ2v) is 7.81. The van der Waals surface area contributed by atoms with Gasteiger partial charge in [-0.05, 0) is 26.2 Å². The van der Waals surface area contributed by atoms with Gasteiger partial charge in [0.15, 0.2) is 11.4 Å². The summed E-state index contributed by atoms with van der Waals surface area (Å²) >= 11 is 0. The molecule has 2 N–H and O–H groups in total. The highest BCUT2D eigenvalue weighted by Gasteiger charge is 2.40. The van der Waals surface area contributed by atoms with E-state index in [4.69, 9.17) is 0 Å². The third-order valence-electron chi connectivity index (χ3n) is 6.00. The molecule has 1 aromatic heterocycles. The van der Waals surface area contributed by atoms with Crippen molar-refractivity contribution in [3.8, 4) is 5.75 Å². The molecule has 2 aliphatic heterocycles. The molecule has 0 radical (unpaired) electrons. The lowest BCUT2D eigenvalue weighted by atomic mass is 9.99. The SMILES string of the molecule is C[C@H]1C2CCCCN1C(=O)c1c(O)c(=O)c(C(=O)NCc3c(F)cc(F)cc3F)cn12. The van der Waals surface area contributed by atoms with E-state index < -0.39 is 58.1 Å². The minimum Gasteiger partial charge on any atom is -0.503 e. The zero-order valence-corrected chi connectivity index (χ0v) is 16.6. The first kappa shape index (κ1) is 21.0. The Balaban J connectivity index is 1.69. The summed E-state index contributed by atoms with van der Waals surface area (Å²) in [7, 11) is 0. The lowest BCUT2D eigenvalue weighted by Crippen LogP contribution is -2.49. The first-order valence-electron chi connectivity index (χ1n) is 9.91.